The van der Waals surface area contributed by atoms with Crippen LogP contribution < -0.4 is 10.1 Å². The Kier molecular flexibility index (Phi) is 10.9. The molecule has 60 heavy (non-hydrogen) atoms. The van der Waals surface area contributed by atoms with Gasteiger partial charge in [0.15, 0.2) is 0 Å². The summed E-state index contributed by atoms with van der Waals surface area (Å²) in [5.74, 6) is 1.44. The predicted octanol–water partition coefficient (Wildman–Crippen LogP) is 6.78. The normalized spacial score (nSPS) is 20.8. The second-order valence-corrected chi connectivity index (χ2v) is 16.6. The molecule has 0 unspecified atom stereocenters. The second kappa shape index (κ2) is 16.1. The summed E-state index contributed by atoms with van der Waals surface area (Å²) < 4.78 is 16.4. The summed E-state index contributed by atoms with van der Waals surface area (Å²) in [6.07, 6.45) is 2.96. The number of likely N-dealkylation sites (N-methyl/N-ethyl adjacent to an activating group) is 1. The number of H-pyrrole nitrogens is 2. The van der Waals surface area contributed by atoms with Crippen LogP contribution in [0.1, 0.15) is 82.7 Å². The van der Waals surface area contributed by atoms with E-state index in [0.717, 1.165) is 79.7 Å². The predicted molar refractivity (Wildman–Crippen MR) is 223 cm³/mol. The van der Waals surface area contributed by atoms with Gasteiger partial charge in [0, 0.05) is 37.2 Å². The number of ether oxygens (including phenoxy) is 3. The van der Waals surface area contributed by atoms with Gasteiger partial charge in [-0.25, -0.2) is 19.6 Å². The highest BCUT2D eigenvalue weighted by molar-refractivity contribution is 6.07. The van der Waals surface area contributed by atoms with Gasteiger partial charge in [0.25, 0.3) is 0 Å². The summed E-state index contributed by atoms with van der Waals surface area (Å²) in [5.41, 5.74) is 6.44. The molecule has 4 amide bonds. The third-order valence-corrected chi connectivity index (χ3v) is 12.5. The molecule has 2 fully saturated rings. The fourth-order valence-corrected chi connectivity index (χ4v) is 9.43. The lowest BCUT2D eigenvalue weighted by Crippen LogP contribution is -2.53. The Morgan fingerprint density at radius 3 is 2.33 bits per heavy atom. The Morgan fingerprint density at radius 1 is 0.933 bits per heavy atom. The van der Waals surface area contributed by atoms with Crippen molar-refractivity contribution in [1.82, 2.24) is 40.0 Å². The summed E-state index contributed by atoms with van der Waals surface area (Å²) in [6.45, 7) is 8.10. The van der Waals surface area contributed by atoms with E-state index in [0.29, 0.717) is 24.7 Å². The van der Waals surface area contributed by atoms with Gasteiger partial charge in [0.05, 0.1) is 48.7 Å². The monoisotopic (exact) mass is 820 g/mol. The minimum Gasteiger partial charge on any atom is -0.488 e. The molecule has 5 aromatic rings. The van der Waals surface area contributed by atoms with E-state index in [4.69, 9.17) is 24.2 Å². The van der Waals surface area contributed by atoms with Crippen molar-refractivity contribution in [3.05, 3.63) is 65.9 Å². The van der Waals surface area contributed by atoms with Crippen LogP contribution in [-0.4, -0.2) is 116 Å². The SMILES string of the molecule is COC[C@H](NC(=O)OC)C(=O)N1[C@@H](C)CC[C@H]1c1nc2ccc3cc4c(cc3c2[nH]1)OCc1cc(-c2cnc([C@@H]3CC[C@H](C)N3C(=O)[C@H](C(C)C)N(C)C(=O)O)[nH]2)ccc1-4. The quantitative estimate of drug-likeness (QED) is 0.117. The van der Waals surface area contributed by atoms with E-state index < -0.39 is 24.3 Å². The van der Waals surface area contributed by atoms with Crippen molar-refractivity contribution in [2.45, 2.75) is 96.2 Å². The average molecular weight is 821 g/mol. The van der Waals surface area contributed by atoms with Crippen molar-refractivity contribution in [3.63, 3.8) is 0 Å². The molecule has 8 rings (SSSR count). The number of carbonyl (C=O) groups excluding carboxylic acids is 3. The molecule has 3 aliphatic rings. The van der Waals surface area contributed by atoms with E-state index in [9.17, 15) is 24.3 Å². The molecule has 0 spiro atoms. The number of rotatable bonds is 10. The minimum absolute atomic E-state index is 0.00622. The number of imidazole rings is 2. The average Bonchev–Trinajstić information content (AvgIpc) is 4.05. The molecule has 0 aliphatic carbocycles. The number of aromatic amines is 2. The first-order valence-corrected chi connectivity index (χ1v) is 20.5. The lowest BCUT2D eigenvalue weighted by Gasteiger charge is -2.36. The zero-order valence-corrected chi connectivity index (χ0v) is 34.9. The summed E-state index contributed by atoms with van der Waals surface area (Å²) >= 11 is 0. The number of hydrogen-bond acceptors (Lipinski definition) is 9. The fraction of sp³-hybridized carbons (Fsp3) is 0.455. The highest BCUT2D eigenvalue weighted by Gasteiger charge is 2.43. The molecule has 5 heterocycles. The van der Waals surface area contributed by atoms with E-state index in [1.807, 2.05) is 44.7 Å². The molecule has 16 nitrogen and oxygen atoms in total. The molecular weight excluding hydrogens is 769 g/mol. The number of nitrogens with zero attached hydrogens (tertiary/aromatic N) is 5. The van der Waals surface area contributed by atoms with Crippen LogP contribution in [-0.2, 0) is 25.7 Å². The third kappa shape index (κ3) is 7.16. The summed E-state index contributed by atoms with van der Waals surface area (Å²) in [6, 6.07) is 12.0. The molecule has 16 heteroatoms. The minimum atomic E-state index is -1.13. The molecule has 2 aromatic heterocycles. The number of benzene rings is 3. The summed E-state index contributed by atoms with van der Waals surface area (Å²) in [4.78, 5) is 73.1. The number of likely N-dealkylation sites (tertiary alicyclic amines) is 2. The summed E-state index contributed by atoms with van der Waals surface area (Å²) in [5, 5.41) is 14.3. The Bertz CT molecular complexity index is 2480. The second-order valence-electron chi connectivity index (χ2n) is 16.6. The van der Waals surface area contributed by atoms with Crippen molar-refractivity contribution < 1.29 is 38.5 Å². The van der Waals surface area contributed by atoms with E-state index in [1.54, 1.807) is 11.1 Å². The number of carbonyl (C=O) groups is 4. The molecule has 0 radical (unpaired) electrons. The van der Waals surface area contributed by atoms with Crippen LogP contribution in [0, 0.1) is 5.92 Å². The van der Waals surface area contributed by atoms with Gasteiger partial charge in [-0.3, -0.25) is 14.5 Å². The number of aromatic nitrogens is 4. The molecule has 6 atom stereocenters. The van der Waals surface area contributed by atoms with Gasteiger partial charge in [-0.05, 0) is 91.8 Å². The van der Waals surface area contributed by atoms with E-state index in [1.165, 1.54) is 21.3 Å². The van der Waals surface area contributed by atoms with Crippen LogP contribution >= 0.6 is 0 Å². The van der Waals surface area contributed by atoms with Gasteiger partial charge in [0.2, 0.25) is 11.8 Å². The van der Waals surface area contributed by atoms with Crippen molar-refractivity contribution >= 4 is 45.8 Å². The number of nitrogens with one attached hydrogen (secondary N) is 3. The van der Waals surface area contributed by atoms with Crippen LogP contribution in [0.25, 0.3) is 44.2 Å². The van der Waals surface area contributed by atoms with Gasteiger partial charge in [-0.15, -0.1) is 0 Å². The van der Waals surface area contributed by atoms with Crippen molar-refractivity contribution in [2.24, 2.45) is 5.92 Å². The van der Waals surface area contributed by atoms with E-state index >= 15 is 0 Å². The molecule has 3 aliphatic heterocycles. The van der Waals surface area contributed by atoms with Gasteiger partial charge in [0.1, 0.15) is 36.1 Å². The van der Waals surface area contributed by atoms with Crippen LogP contribution in [0.4, 0.5) is 9.59 Å². The van der Waals surface area contributed by atoms with Crippen molar-refractivity contribution in [1.29, 1.82) is 0 Å². The van der Waals surface area contributed by atoms with Gasteiger partial charge < -0.3 is 44.4 Å². The van der Waals surface area contributed by atoms with E-state index in [2.05, 4.69) is 45.6 Å². The zero-order chi connectivity index (χ0) is 42.6. The van der Waals surface area contributed by atoms with Crippen molar-refractivity contribution in [2.75, 3.05) is 27.9 Å². The maximum atomic E-state index is 13.9. The lowest BCUT2D eigenvalue weighted by atomic mass is 9.92. The van der Waals surface area contributed by atoms with Crippen LogP contribution in [0.5, 0.6) is 5.75 Å². The largest absolute Gasteiger partial charge is 0.488 e. The molecule has 3 aromatic carbocycles. The number of amides is 4. The first kappa shape index (κ1) is 40.6. The summed E-state index contributed by atoms with van der Waals surface area (Å²) in [7, 11) is 4.19. The molecule has 4 N–H and O–H groups in total. The first-order valence-electron chi connectivity index (χ1n) is 20.5. The maximum Gasteiger partial charge on any atom is 0.407 e. The first-order chi connectivity index (χ1) is 28.8. The number of carboxylic acid groups (broad SMARTS) is 1. The van der Waals surface area contributed by atoms with Gasteiger partial charge in [-0.2, -0.15) is 0 Å². The Morgan fingerprint density at radius 2 is 1.65 bits per heavy atom. The van der Waals surface area contributed by atoms with Gasteiger partial charge >= 0.3 is 12.2 Å². The smallest absolute Gasteiger partial charge is 0.407 e. The van der Waals surface area contributed by atoms with Crippen molar-refractivity contribution in [3.8, 4) is 28.1 Å². The number of fused-ring (bicyclic) bond motifs is 6. The van der Waals surface area contributed by atoms with Crippen LogP contribution in [0.3, 0.4) is 0 Å². The Balaban J connectivity index is 1.05. The molecular formula is C44H52N8O8. The highest BCUT2D eigenvalue weighted by Crippen LogP contribution is 2.44. The third-order valence-electron chi connectivity index (χ3n) is 12.5. The number of alkyl carbamates (subject to hydrolysis) is 1. The van der Waals surface area contributed by atoms with Gasteiger partial charge in [-0.1, -0.05) is 32.0 Å². The molecule has 0 saturated carbocycles. The maximum absolute atomic E-state index is 13.9. The van der Waals surface area contributed by atoms with Crippen LogP contribution in [0.2, 0.25) is 0 Å². The topological polar surface area (TPSA) is 195 Å². The Hall–Kier alpha value is -6.16. The number of methoxy groups -OCH3 is 2. The molecule has 316 valence electrons. The Labute approximate surface area is 347 Å². The zero-order valence-electron chi connectivity index (χ0n) is 34.9. The van der Waals surface area contributed by atoms with Crippen LogP contribution in [0.15, 0.2) is 48.7 Å². The standard InChI is InChI=1S/C44H52N8O8/c1-22(2)38(50(5)44(56)57)42(54)52-24(4)8-14-34(52)39-45-19-32(47-39)26-10-12-28-27(16-26)20-60-36-18-29-25(17-30(28)36)11-13-31-37(29)49-40(46-31)35-15-9-23(3)51(35)41(53)33(21-58-6)48-43(55)59-7/h10-13,16-19,22-24,33-35,38H,8-9,14-15,20-21H2,1-7H3,(H,45,47)(H,46,49)(H,48,55)(H,56,57)/t23-,24-,33-,34-,35-,38-/m0/s1. The number of hydrogen-bond donors (Lipinski definition) is 4. The highest BCUT2D eigenvalue weighted by atomic mass is 16.5. The molecule has 0 bridgehead atoms. The fourth-order valence-electron chi connectivity index (χ4n) is 9.43. The molecule has 2 saturated heterocycles. The van der Waals surface area contributed by atoms with E-state index in [-0.39, 0.29) is 48.5 Å². The lowest BCUT2D eigenvalue weighted by molar-refractivity contribution is -0.140.